The number of rotatable bonds is 4. The molecule has 0 amide bonds. The molecule has 0 aliphatic rings. The van der Waals surface area contributed by atoms with Crippen molar-refractivity contribution in [2.45, 2.75) is 13.8 Å². The molecule has 0 fully saturated rings. The Morgan fingerprint density at radius 3 is 2.29 bits per heavy atom. The zero-order valence-electron chi connectivity index (χ0n) is 13.6. The molecular weight excluding hydrogens is 304 g/mol. The SMILES string of the molecule is CCOC(=O)Oc1c(C)nn(-c2ccccc2)c1-c1ccccc1. The van der Waals surface area contributed by atoms with Gasteiger partial charge in [0.1, 0.15) is 11.4 Å². The molecule has 24 heavy (non-hydrogen) atoms. The topological polar surface area (TPSA) is 53.4 Å². The number of carbonyl (C=O) groups excluding carboxylic acids is 1. The monoisotopic (exact) mass is 322 g/mol. The van der Waals surface area contributed by atoms with Gasteiger partial charge in [-0.25, -0.2) is 9.48 Å². The van der Waals surface area contributed by atoms with E-state index < -0.39 is 6.16 Å². The highest BCUT2D eigenvalue weighted by molar-refractivity contribution is 5.75. The number of benzene rings is 2. The van der Waals surface area contributed by atoms with Gasteiger partial charge in [-0.05, 0) is 26.0 Å². The van der Waals surface area contributed by atoms with E-state index in [9.17, 15) is 4.79 Å². The first-order chi connectivity index (χ1) is 11.7. The number of aryl methyl sites for hydroxylation is 1. The molecule has 0 aliphatic carbocycles. The molecular formula is C19H18N2O3. The van der Waals surface area contributed by atoms with Crippen LogP contribution in [0.2, 0.25) is 0 Å². The first-order valence-electron chi connectivity index (χ1n) is 7.75. The van der Waals surface area contributed by atoms with Crippen molar-refractivity contribution in [2.24, 2.45) is 0 Å². The summed E-state index contributed by atoms with van der Waals surface area (Å²) in [4.78, 5) is 11.8. The number of ether oxygens (including phenoxy) is 2. The Morgan fingerprint density at radius 1 is 1.04 bits per heavy atom. The van der Waals surface area contributed by atoms with Gasteiger partial charge in [0.2, 0.25) is 0 Å². The van der Waals surface area contributed by atoms with Crippen LogP contribution in [0.3, 0.4) is 0 Å². The Labute approximate surface area is 140 Å². The Hall–Kier alpha value is -3.08. The molecule has 3 aromatic rings. The minimum Gasteiger partial charge on any atom is -0.434 e. The van der Waals surface area contributed by atoms with Gasteiger partial charge in [-0.2, -0.15) is 5.10 Å². The second kappa shape index (κ2) is 7.00. The number of nitrogens with zero attached hydrogens (tertiary/aromatic N) is 2. The largest absolute Gasteiger partial charge is 0.513 e. The third-order valence-corrected chi connectivity index (χ3v) is 3.50. The fourth-order valence-electron chi connectivity index (χ4n) is 2.47. The van der Waals surface area contributed by atoms with Crippen LogP contribution < -0.4 is 4.74 Å². The Balaban J connectivity index is 2.15. The molecule has 1 aromatic heterocycles. The van der Waals surface area contributed by atoms with Crippen molar-refractivity contribution in [3.05, 3.63) is 66.4 Å². The summed E-state index contributed by atoms with van der Waals surface area (Å²) in [5, 5.41) is 4.55. The summed E-state index contributed by atoms with van der Waals surface area (Å²) in [5.41, 5.74) is 3.12. The van der Waals surface area contributed by atoms with Crippen LogP contribution in [0.15, 0.2) is 60.7 Å². The van der Waals surface area contributed by atoms with E-state index in [4.69, 9.17) is 9.47 Å². The van der Waals surface area contributed by atoms with Gasteiger partial charge < -0.3 is 9.47 Å². The summed E-state index contributed by atoms with van der Waals surface area (Å²) >= 11 is 0. The fourth-order valence-corrected chi connectivity index (χ4v) is 2.47. The molecule has 5 nitrogen and oxygen atoms in total. The van der Waals surface area contributed by atoms with Crippen LogP contribution in [-0.4, -0.2) is 22.5 Å². The van der Waals surface area contributed by atoms with E-state index >= 15 is 0 Å². The van der Waals surface area contributed by atoms with E-state index in [1.807, 2.05) is 60.7 Å². The molecule has 0 aliphatic heterocycles. The average Bonchev–Trinajstić information content (AvgIpc) is 2.93. The maximum Gasteiger partial charge on any atom is 0.513 e. The molecule has 0 N–H and O–H groups in total. The molecule has 3 rings (SSSR count). The molecule has 0 saturated carbocycles. The van der Waals surface area contributed by atoms with Crippen LogP contribution >= 0.6 is 0 Å². The lowest BCUT2D eigenvalue weighted by molar-refractivity contribution is 0.104. The van der Waals surface area contributed by atoms with Gasteiger partial charge in [-0.1, -0.05) is 48.5 Å². The Bertz CT molecular complexity index is 827. The maximum atomic E-state index is 11.8. The van der Waals surface area contributed by atoms with Crippen LogP contribution in [0.1, 0.15) is 12.6 Å². The van der Waals surface area contributed by atoms with E-state index in [0.717, 1.165) is 11.3 Å². The molecule has 0 spiro atoms. The van der Waals surface area contributed by atoms with Crippen molar-refractivity contribution >= 4 is 6.16 Å². The van der Waals surface area contributed by atoms with Crippen LogP contribution in [-0.2, 0) is 4.74 Å². The van der Waals surface area contributed by atoms with Crippen LogP contribution in [0.5, 0.6) is 5.75 Å². The van der Waals surface area contributed by atoms with E-state index in [0.29, 0.717) is 17.1 Å². The van der Waals surface area contributed by atoms with Crippen molar-refractivity contribution in [1.29, 1.82) is 0 Å². The van der Waals surface area contributed by atoms with Crippen LogP contribution in [0.25, 0.3) is 16.9 Å². The third-order valence-electron chi connectivity index (χ3n) is 3.50. The summed E-state index contributed by atoms with van der Waals surface area (Å²) in [6, 6.07) is 19.4. The smallest absolute Gasteiger partial charge is 0.434 e. The molecule has 0 atom stereocenters. The van der Waals surface area contributed by atoms with Crippen molar-refractivity contribution in [3.63, 3.8) is 0 Å². The van der Waals surface area contributed by atoms with E-state index in [1.165, 1.54) is 0 Å². The average molecular weight is 322 g/mol. The number of carbonyl (C=O) groups is 1. The van der Waals surface area contributed by atoms with E-state index in [1.54, 1.807) is 18.5 Å². The molecule has 0 bridgehead atoms. The predicted molar refractivity (Wildman–Crippen MR) is 91.4 cm³/mol. The highest BCUT2D eigenvalue weighted by Gasteiger charge is 2.22. The summed E-state index contributed by atoms with van der Waals surface area (Å²) < 4.78 is 12.1. The highest BCUT2D eigenvalue weighted by atomic mass is 16.7. The van der Waals surface area contributed by atoms with Gasteiger partial charge in [0, 0.05) is 5.56 Å². The van der Waals surface area contributed by atoms with Crippen molar-refractivity contribution in [3.8, 4) is 22.7 Å². The molecule has 0 saturated heterocycles. The quantitative estimate of drug-likeness (QED) is 0.669. The molecule has 0 unspecified atom stereocenters. The van der Waals surface area contributed by atoms with Crippen molar-refractivity contribution in [2.75, 3.05) is 6.61 Å². The highest BCUT2D eigenvalue weighted by Crippen LogP contribution is 2.35. The summed E-state index contributed by atoms with van der Waals surface area (Å²) in [6.07, 6.45) is -0.731. The Kier molecular flexibility index (Phi) is 4.61. The van der Waals surface area contributed by atoms with E-state index in [2.05, 4.69) is 5.10 Å². The van der Waals surface area contributed by atoms with Crippen LogP contribution in [0, 0.1) is 6.92 Å². The molecule has 1 heterocycles. The summed E-state index contributed by atoms with van der Waals surface area (Å²) in [6.45, 7) is 3.80. The molecule has 5 heteroatoms. The Morgan fingerprint density at radius 2 is 1.67 bits per heavy atom. The lowest BCUT2D eigenvalue weighted by atomic mass is 10.1. The van der Waals surface area contributed by atoms with E-state index in [-0.39, 0.29) is 6.61 Å². The van der Waals surface area contributed by atoms with Gasteiger partial charge in [-0.15, -0.1) is 0 Å². The number of hydrogen-bond acceptors (Lipinski definition) is 4. The standard InChI is InChI=1S/C19H18N2O3/c1-3-23-19(22)24-18-14(2)20-21(16-12-8-5-9-13-16)17(18)15-10-6-4-7-11-15/h4-13H,3H2,1-2H3. The zero-order valence-corrected chi connectivity index (χ0v) is 13.6. The minimum absolute atomic E-state index is 0.255. The van der Waals surface area contributed by atoms with Gasteiger partial charge in [-0.3, -0.25) is 0 Å². The minimum atomic E-state index is -0.731. The summed E-state index contributed by atoms with van der Waals surface area (Å²) in [5.74, 6) is 0.406. The lowest BCUT2D eigenvalue weighted by Crippen LogP contribution is -2.11. The van der Waals surface area contributed by atoms with Crippen LogP contribution in [0.4, 0.5) is 4.79 Å². The summed E-state index contributed by atoms with van der Waals surface area (Å²) in [7, 11) is 0. The fraction of sp³-hybridized carbons (Fsp3) is 0.158. The lowest BCUT2D eigenvalue weighted by Gasteiger charge is -2.10. The predicted octanol–water partition coefficient (Wildman–Crippen LogP) is 4.38. The number of para-hydroxylation sites is 1. The van der Waals surface area contributed by atoms with Gasteiger partial charge in [0.15, 0.2) is 5.75 Å². The van der Waals surface area contributed by atoms with Crippen molar-refractivity contribution < 1.29 is 14.3 Å². The maximum absolute atomic E-state index is 11.8. The van der Waals surface area contributed by atoms with Gasteiger partial charge in [0.05, 0.1) is 12.3 Å². The van der Waals surface area contributed by atoms with Gasteiger partial charge >= 0.3 is 6.16 Å². The second-order valence-corrected chi connectivity index (χ2v) is 5.16. The third kappa shape index (κ3) is 3.15. The normalized spacial score (nSPS) is 10.4. The molecule has 2 aromatic carbocycles. The van der Waals surface area contributed by atoms with Crippen molar-refractivity contribution in [1.82, 2.24) is 9.78 Å². The first kappa shape index (κ1) is 15.8. The van der Waals surface area contributed by atoms with Gasteiger partial charge in [0.25, 0.3) is 0 Å². The first-order valence-corrected chi connectivity index (χ1v) is 7.75. The molecule has 0 radical (unpaired) electrons. The molecule has 122 valence electrons. The zero-order chi connectivity index (χ0) is 16.9. The number of aromatic nitrogens is 2. The number of hydrogen-bond donors (Lipinski definition) is 0. The second-order valence-electron chi connectivity index (χ2n) is 5.16.